The fourth-order valence-electron chi connectivity index (χ4n) is 3.59. The summed E-state index contributed by atoms with van der Waals surface area (Å²) in [4.78, 5) is 15.7. The molecule has 1 aliphatic rings. The van der Waals surface area contributed by atoms with Crippen LogP contribution in [0.1, 0.15) is 36.1 Å². The number of nitrogens with zero attached hydrogens (tertiary/aromatic N) is 4. The van der Waals surface area contributed by atoms with Crippen molar-refractivity contribution in [3.8, 4) is 11.5 Å². The maximum Gasteiger partial charge on any atom is 0.247 e. The van der Waals surface area contributed by atoms with Gasteiger partial charge in [-0.25, -0.2) is 4.39 Å². The number of rotatable bonds is 5. The van der Waals surface area contributed by atoms with E-state index >= 15 is 0 Å². The maximum absolute atomic E-state index is 14.4. The van der Waals surface area contributed by atoms with E-state index in [9.17, 15) is 9.18 Å². The minimum atomic E-state index is -0.358. The number of piperazine rings is 1. The molecule has 0 amide bonds. The molecule has 6 nitrogen and oxygen atoms in total. The van der Waals surface area contributed by atoms with Gasteiger partial charge in [-0.15, -0.1) is 10.2 Å². The van der Waals surface area contributed by atoms with Gasteiger partial charge in [0.25, 0.3) is 0 Å². The van der Waals surface area contributed by atoms with Crippen LogP contribution in [0.5, 0.6) is 0 Å². The SMILES string of the molecule is CC(=O)c1ccc(N2CCN(C(C)c3nnc(-c4ccccc4)o3)CC2)c(F)c1. The van der Waals surface area contributed by atoms with E-state index in [1.807, 2.05) is 42.2 Å². The van der Waals surface area contributed by atoms with E-state index in [0.717, 1.165) is 18.7 Å². The van der Waals surface area contributed by atoms with Gasteiger partial charge in [-0.1, -0.05) is 18.2 Å². The standard InChI is InChI=1S/C22H23FN4O2/c1-15(21-24-25-22(29-21)17-6-4-3-5-7-17)26-10-12-27(13-11-26)20-9-8-18(16(2)28)14-19(20)23/h3-9,14-15H,10-13H2,1-2H3. The van der Waals surface area contributed by atoms with E-state index in [1.54, 1.807) is 12.1 Å². The molecule has 0 N–H and O–H groups in total. The summed E-state index contributed by atoms with van der Waals surface area (Å²) in [6.07, 6.45) is 0. The number of aromatic nitrogens is 2. The zero-order chi connectivity index (χ0) is 20.4. The van der Waals surface area contributed by atoms with Crippen molar-refractivity contribution in [2.24, 2.45) is 0 Å². The first kappa shape index (κ1) is 19.3. The number of Topliss-reactive ketones (excluding diaryl/α,β-unsaturated/α-hetero) is 1. The van der Waals surface area contributed by atoms with Crippen LogP contribution in [0, 0.1) is 5.82 Å². The van der Waals surface area contributed by atoms with E-state index < -0.39 is 0 Å². The Morgan fingerprint density at radius 3 is 2.45 bits per heavy atom. The fourth-order valence-corrected chi connectivity index (χ4v) is 3.59. The third-order valence-corrected chi connectivity index (χ3v) is 5.38. The van der Waals surface area contributed by atoms with Gasteiger partial charge in [0.15, 0.2) is 5.78 Å². The summed E-state index contributed by atoms with van der Waals surface area (Å²) in [6.45, 7) is 6.34. The third-order valence-electron chi connectivity index (χ3n) is 5.38. The number of carbonyl (C=O) groups excluding carboxylic acids is 1. The Bertz CT molecular complexity index is 997. The van der Waals surface area contributed by atoms with Crippen LogP contribution in [0.4, 0.5) is 10.1 Å². The molecule has 0 saturated carbocycles. The lowest BCUT2D eigenvalue weighted by Crippen LogP contribution is -2.47. The number of halogens is 1. The summed E-state index contributed by atoms with van der Waals surface area (Å²) in [5, 5.41) is 8.39. The monoisotopic (exact) mass is 394 g/mol. The van der Waals surface area contributed by atoms with Gasteiger partial charge in [0.1, 0.15) is 5.82 Å². The molecule has 1 aromatic heterocycles. The van der Waals surface area contributed by atoms with Gasteiger partial charge in [-0.05, 0) is 44.2 Å². The normalized spacial score (nSPS) is 16.0. The Kier molecular flexibility index (Phi) is 5.40. The number of carbonyl (C=O) groups is 1. The molecule has 2 heterocycles. The molecule has 2 aromatic carbocycles. The van der Waals surface area contributed by atoms with E-state index in [-0.39, 0.29) is 17.6 Å². The van der Waals surface area contributed by atoms with Crippen LogP contribution in [0.3, 0.4) is 0 Å². The van der Waals surface area contributed by atoms with Gasteiger partial charge < -0.3 is 9.32 Å². The van der Waals surface area contributed by atoms with Gasteiger partial charge >= 0.3 is 0 Å². The van der Waals surface area contributed by atoms with Gasteiger partial charge in [-0.2, -0.15) is 0 Å². The van der Waals surface area contributed by atoms with E-state index in [2.05, 4.69) is 15.1 Å². The highest BCUT2D eigenvalue weighted by molar-refractivity contribution is 5.94. The van der Waals surface area contributed by atoms with Crippen molar-refractivity contribution < 1.29 is 13.6 Å². The second-order valence-electron chi connectivity index (χ2n) is 7.23. The van der Waals surface area contributed by atoms with Crippen LogP contribution in [0.2, 0.25) is 0 Å². The smallest absolute Gasteiger partial charge is 0.247 e. The molecule has 29 heavy (non-hydrogen) atoms. The van der Waals surface area contributed by atoms with E-state index in [4.69, 9.17) is 4.42 Å². The molecule has 1 fully saturated rings. The minimum Gasteiger partial charge on any atom is -0.419 e. The average molecular weight is 394 g/mol. The van der Waals surface area contributed by atoms with Gasteiger partial charge in [0.05, 0.1) is 11.7 Å². The Morgan fingerprint density at radius 1 is 1.07 bits per heavy atom. The van der Waals surface area contributed by atoms with Crippen molar-refractivity contribution in [2.75, 3.05) is 31.1 Å². The van der Waals surface area contributed by atoms with Crippen molar-refractivity contribution in [1.29, 1.82) is 0 Å². The number of hydrogen-bond acceptors (Lipinski definition) is 6. The molecule has 7 heteroatoms. The molecule has 3 aromatic rings. The Balaban J connectivity index is 1.41. The summed E-state index contributed by atoms with van der Waals surface area (Å²) in [7, 11) is 0. The Labute approximate surface area is 169 Å². The lowest BCUT2D eigenvalue weighted by atomic mass is 10.1. The van der Waals surface area contributed by atoms with Crippen molar-refractivity contribution >= 4 is 11.5 Å². The second kappa shape index (κ2) is 8.13. The first-order valence-electron chi connectivity index (χ1n) is 9.71. The molecule has 150 valence electrons. The molecular formula is C22H23FN4O2. The summed E-state index contributed by atoms with van der Waals surface area (Å²) in [5.41, 5.74) is 1.82. The van der Waals surface area contributed by atoms with Crippen LogP contribution in [0.25, 0.3) is 11.5 Å². The average Bonchev–Trinajstić information content (AvgIpc) is 3.24. The highest BCUT2D eigenvalue weighted by Gasteiger charge is 2.27. The van der Waals surface area contributed by atoms with Crippen LogP contribution >= 0.6 is 0 Å². The lowest BCUT2D eigenvalue weighted by molar-refractivity contribution is 0.101. The first-order chi connectivity index (χ1) is 14.0. The Morgan fingerprint density at radius 2 is 1.79 bits per heavy atom. The zero-order valence-corrected chi connectivity index (χ0v) is 16.5. The molecule has 0 spiro atoms. The van der Waals surface area contributed by atoms with Crippen molar-refractivity contribution in [3.05, 3.63) is 65.8 Å². The summed E-state index contributed by atoms with van der Waals surface area (Å²) < 4.78 is 20.3. The van der Waals surface area contributed by atoms with E-state index in [1.165, 1.54) is 13.0 Å². The molecular weight excluding hydrogens is 371 g/mol. The number of ketones is 1. The molecule has 0 radical (unpaired) electrons. The summed E-state index contributed by atoms with van der Waals surface area (Å²) in [6, 6.07) is 14.4. The van der Waals surface area contributed by atoms with Crippen LogP contribution in [-0.2, 0) is 0 Å². The summed E-state index contributed by atoms with van der Waals surface area (Å²) >= 11 is 0. The quantitative estimate of drug-likeness (QED) is 0.611. The topological polar surface area (TPSA) is 62.5 Å². The molecule has 1 atom stereocenters. The number of hydrogen-bond donors (Lipinski definition) is 0. The van der Waals surface area contributed by atoms with Gasteiger partial charge in [-0.3, -0.25) is 9.69 Å². The molecule has 1 unspecified atom stereocenters. The number of benzene rings is 2. The maximum atomic E-state index is 14.4. The van der Waals surface area contributed by atoms with Crippen molar-refractivity contribution in [3.63, 3.8) is 0 Å². The molecule has 1 aliphatic heterocycles. The van der Waals surface area contributed by atoms with Crippen LogP contribution in [-0.4, -0.2) is 47.1 Å². The van der Waals surface area contributed by atoms with Crippen LogP contribution < -0.4 is 4.90 Å². The number of anilines is 1. The molecule has 1 saturated heterocycles. The highest BCUT2D eigenvalue weighted by atomic mass is 19.1. The van der Waals surface area contributed by atoms with Crippen LogP contribution in [0.15, 0.2) is 52.9 Å². The lowest BCUT2D eigenvalue weighted by Gasteiger charge is -2.38. The molecule has 4 rings (SSSR count). The first-order valence-corrected chi connectivity index (χ1v) is 9.71. The predicted octanol–water partition coefficient (Wildman–Crippen LogP) is 3.96. The minimum absolute atomic E-state index is 0.0213. The second-order valence-corrected chi connectivity index (χ2v) is 7.23. The van der Waals surface area contributed by atoms with E-state index in [0.29, 0.717) is 36.1 Å². The van der Waals surface area contributed by atoms with Crippen molar-refractivity contribution in [2.45, 2.75) is 19.9 Å². The fraction of sp³-hybridized carbons (Fsp3) is 0.318. The third kappa shape index (κ3) is 4.05. The largest absolute Gasteiger partial charge is 0.419 e. The molecule has 0 aliphatic carbocycles. The van der Waals surface area contributed by atoms with Crippen molar-refractivity contribution in [1.82, 2.24) is 15.1 Å². The summed E-state index contributed by atoms with van der Waals surface area (Å²) in [5.74, 6) is 0.597. The zero-order valence-electron chi connectivity index (χ0n) is 16.5. The highest BCUT2D eigenvalue weighted by Crippen LogP contribution is 2.27. The molecule has 0 bridgehead atoms. The Hall–Kier alpha value is -3.06. The predicted molar refractivity (Wildman–Crippen MR) is 108 cm³/mol. The van der Waals surface area contributed by atoms with Gasteiger partial charge in [0, 0.05) is 37.3 Å². The van der Waals surface area contributed by atoms with Gasteiger partial charge in [0.2, 0.25) is 11.8 Å².